The molecule has 0 aliphatic carbocycles. The molecular formula is C12H16ClN3OS. The van der Waals surface area contributed by atoms with Gasteiger partial charge in [-0.1, -0.05) is 0 Å². The van der Waals surface area contributed by atoms with Gasteiger partial charge in [0.1, 0.15) is 11.3 Å². The molecule has 0 saturated carbocycles. The minimum Gasteiger partial charge on any atom is -0.311 e. The van der Waals surface area contributed by atoms with E-state index in [-0.39, 0.29) is 5.38 Å². The molecule has 0 saturated heterocycles. The molecule has 0 fully saturated rings. The Labute approximate surface area is 114 Å². The number of halogens is 1. The molecule has 2 heterocycles. The van der Waals surface area contributed by atoms with Crippen LogP contribution in [0.3, 0.4) is 0 Å². The van der Waals surface area contributed by atoms with Crippen LogP contribution in [0.4, 0.5) is 0 Å². The van der Waals surface area contributed by atoms with Gasteiger partial charge in [-0.15, -0.1) is 11.6 Å². The van der Waals surface area contributed by atoms with Crippen LogP contribution in [0.15, 0.2) is 12.3 Å². The maximum absolute atomic E-state index is 11.2. The van der Waals surface area contributed by atoms with Gasteiger partial charge >= 0.3 is 0 Å². The standard InChI is InChI=1S/C12H16ClN3OS/c1-8-6-10-12(14-7-8)16(4-5-18(3)17)11(15-10)9(2)13/h6-7,9H,4-5H2,1-3H3. The number of hydrogen-bond acceptors (Lipinski definition) is 3. The van der Waals surface area contributed by atoms with Crippen molar-refractivity contribution in [3.05, 3.63) is 23.7 Å². The fourth-order valence-electron chi connectivity index (χ4n) is 1.87. The van der Waals surface area contributed by atoms with Crippen molar-refractivity contribution in [2.45, 2.75) is 25.8 Å². The molecule has 0 aliphatic rings. The molecule has 0 bridgehead atoms. The molecule has 4 nitrogen and oxygen atoms in total. The zero-order valence-electron chi connectivity index (χ0n) is 10.7. The maximum atomic E-state index is 11.2. The molecular weight excluding hydrogens is 270 g/mol. The van der Waals surface area contributed by atoms with Crippen LogP contribution in [-0.4, -0.2) is 30.8 Å². The number of nitrogens with zero attached hydrogens (tertiary/aromatic N) is 3. The number of imidazole rings is 1. The predicted molar refractivity (Wildman–Crippen MR) is 75.5 cm³/mol. The van der Waals surface area contributed by atoms with E-state index >= 15 is 0 Å². The van der Waals surface area contributed by atoms with Gasteiger partial charge < -0.3 is 4.57 Å². The molecule has 18 heavy (non-hydrogen) atoms. The molecule has 0 spiro atoms. The van der Waals surface area contributed by atoms with Gasteiger partial charge in [-0.2, -0.15) is 0 Å². The first-order valence-electron chi connectivity index (χ1n) is 5.76. The predicted octanol–water partition coefficient (Wildman–Crippen LogP) is 2.42. The van der Waals surface area contributed by atoms with E-state index in [1.54, 1.807) is 6.26 Å². The average Bonchev–Trinajstić information content (AvgIpc) is 2.64. The summed E-state index contributed by atoms with van der Waals surface area (Å²) in [6.45, 7) is 4.49. The van der Waals surface area contributed by atoms with Crippen molar-refractivity contribution < 1.29 is 4.21 Å². The van der Waals surface area contributed by atoms with Crippen LogP contribution < -0.4 is 0 Å². The summed E-state index contributed by atoms with van der Waals surface area (Å²) in [6.07, 6.45) is 3.51. The topological polar surface area (TPSA) is 47.8 Å². The zero-order valence-corrected chi connectivity index (χ0v) is 12.3. The second kappa shape index (κ2) is 5.36. The quantitative estimate of drug-likeness (QED) is 0.811. The summed E-state index contributed by atoms with van der Waals surface area (Å²) < 4.78 is 13.2. The van der Waals surface area contributed by atoms with Crippen LogP contribution in [0.25, 0.3) is 11.2 Å². The lowest BCUT2D eigenvalue weighted by Gasteiger charge is -2.08. The molecule has 2 unspecified atom stereocenters. The van der Waals surface area contributed by atoms with E-state index in [4.69, 9.17) is 11.6 Å². The molecule has 0 N–H and O–H groups in total. The van der Waals surface area contributed by atoms with Crippen LogP contribution in [0.5, 0.6) is 0 Å². The molecule has 2 atom stereocenters. The smallest absolute Gasteiger partial charge is 0.160 e. The third-order valence-electron chi connectivity index (χ3n) is 2.71. The first-order valence-corrected chi connectivity index (χ1v) is 7.92. The summed E-state index contributed by atoms with van der Waals surface area (Å²) in [7, 11) is -0.838. The molecule has 98 valence electrons. The Balaban J connectivity index is 2.52. The largest absolute Gasteiger partial charge is 0.311 e. The highest BCUT2D eigenvalue weighted by atomic mass is 35.5. The lowest BCUT2D eigenvalue weighted by atomic mass is 10.3. The summed E-state index contributed by atoms with van der Waals surface area (Å²) in [4.78, 5) is 8.93. The number of aromatic nitrogens is 3. The van der Waals surface area contributed by atoms with Gasteiger partial charge in [0.2, 0.25) is 0 Å². The normalized spacial score (nSPS) is 14.9. The number of aryl methyl sites for hydroxylation is 2. The molecule has 0 radical (unpaired) electrons. The summed E-state index contributed by atoms with van der Waals surface area (Å²) in [6, 6.07) is 1.99. The van der Waals surface area contributed by atoms with Crippen LogP contribution in [0.2, 0.25) is 0 Å². The monoisotopic (exact) mass is 285 g/mol. The average molecular weight is 286 g/mol. The zero-order chi connectivity index (χ0) is 13.3. The van der Waals surface area contributed by atoms with E-state index < -0.39 is 10.8 Å². The van der Waals surface area contributed by atoms with E-state index in [1.165, 1.54) is 0 Å². The lowest BCUT2D eigenvalue weighted by Crippen LogP contribution is -2.10. The van der Waals surface area contributed by atoms with E-state index in [2.05, 4.69) is 9.97 Å². The first kappa shape index (κ1) is 13.5. The minimum absolute atomic E-state index is 0.190. The fourth-order valence-corrected chi connectivity index (χ4v) is 2.48. The Morgan fingerprint density at radius 2 is 2.28 bits per heavy atom. The van der Waals surface area contributed by atoms with Gasteiger partial charge in [-0.25, -0.2) is 9.97 Å². The minimum atomic E-state index is -0.838. The Morgan fingerprint density at radius 1 is 1.56 bits per heavy atom. The van der Waals surface area contributed by atoms with Gasteiger partial charge in [-0.3, -0.25) is 4.21 Å². The van der Waals surface area contributed by atoms with Gasteiger partial charge in [-0.05, 0) is 25.5 Å². The van der Waals surface area contributed by atoms with Crippen molar-refractivity contribution in [2.75, 3.05) is 12.0 Å². The summed E-state index contributed by atoms with van der Waals surface area (Å²) >= 11 is 6.15. The number of rotatable bonds is 4. The fraction of sp³-hybridized carbons (Fsp3) is 0.500. The SMILES string of the molecule is Cc1cnc2c(c1)nc(C(C)Cl)n2CCS(C)=O. The van der Waals surface area contributed by atoms with Crippen molar-refractivity contribution >= 4 is 33.6 Å². The first-order chi connectivity index (χ1) is 8.49. The third kappa shape index (κ3) is 2.72. The Kier molecular flexibility index (Phi) is 4.02. The van der Waals surface area contributed by atoms with E-state index in [0.717, 1.165) is 22.6 Å². The number of alkyl halides is 1. The molecule has 2 rings (SSSR count). The molecule has 2 aromatic rings. The van der Waals surface area contributed by atoms with Gasteiger partial charge in [0, 0.05) is 35.5 Å². The highest BCUT2D eigenvalue weighted by Gasteiger charge is 2.15. The molecule has 0 aliphatic heterocycles. The second-order valence-electron chi connectivity index (χ2n) is 4.37. The maximum Gasteiger partial charge on any atom is 0.160 e. The highest BCUT2D eigenvalue weighted by molar-refractivity contribution is 7.84. The van der Waals surface area contributed by atoms with Crippen LogP contribution in [0, 0.1) is 6.92 Å². The lowest BCUT2D eigenvalue weighted by molar-refractivity contribution is 0.671. The Morgan fingerprint density at radius 3 is 2.89 bits per heavy atom. The van der Waals surface area contributed by atoms with E-state index in [9.17, 15) is 4.21 Å². The van der Waals surface area contributed by atoms with E-state index in [1.807, 2.05) is 30.7 Å². The Bertz CT molecular complexity index is 594. The summed E-state index contributed by atoms with van der Waals surface area (Å²) in [5.74, 6) is 1.37. The van der Waals surface area contributed by atoms with Crippen molar-refractivity contribution in [3.63, 3.8) is 0 Å². The molecule has 2 aromatic heterocycles. The van der Waals surface area contributed by atoms with E-state index in [0.29, 0.717) is 12.3 Å². The van der Waals surface area contributed by atoms with Crippen LogP contribution in [-0.2, 0) is 17.3 Å². The van der Waals surface area contributed by atoms with Crippen LogP contribution >= 0.6 is 11.6 Å². The van der Waals surface area contributed by atoms with Crippen molar-refractivity contribution in [1.29, 1.82) is 0 Å². The highest BCUT2D eigenvalue weighted by Crippen LogP contribution is 2.23. The van der Waals surface area contributed by atoms with Crippen molar-refractivity contribution in [2.24, 2.45) is 0 Å². The summed E-state index contributed by atoms with van der Waals surface area (Å²) in [5, 5.41) is -0.190. The van der Waals surface area contributed by atoms with Gasteiger partial charge in [0.25, 0.3) is 0 Å². The van der Waals surface area contributed by atoms with Crippen molar-refractivity contribution in [1.82, 2.24) is 14.5 Å². The summed E-state index contributed by atoms with van der Waals surface area (Å²) in [5.41, 5.74) is 2.73. The number of fused-ring (bicyclic) bond motifs is 1. The third-order valence-corrected chi connectivity index (χ3v) is 3.66. The van der Waals surface area contributed by atoms with Gasteiger partial charge in [0.05, 0.1) is 5.38 Å². The Hall–Kier alpha value is -0.940. The van der Waals surface area contributed by atoms with Crippen molar-refractivity contribution in [3.8, 4) is 0 Å². The second-order valence-corrected chi connectivity index (χ2v) is 6.58. The molecule has 6 heteroatoms. The van der Waals surface area contributed by atoms with Gasteiger partial charge in [0.15, 0.2) is 5.65 Å². The molecule has 0 amide bonds. The number of pyridine rings is 1. The number of hydrogen-bond donors (Lipinski definition) is 0. The van der Waals surface area contributed by atoms with Crippen LogP contribution in [0.1, 0.15) is 23.7 Å². The molecule has 0 aromatic carbocycles.